The Balaban J connectivity index is 1.42. The third-order valence-corrected chi connectivity index (χ3v) is 5.42. The number of rotatable bonds is 3. The third-order valence-electron chi connectivity index (χ3n) is 5.42. The summed E-state index contributed by atoms with van der Waals surface area (Å²) in [5, 5.41) is 10.9. The number of pyridine rings is 1. The van der Waals surface area contributed by atoms with Gasteiger partial charge in [-0.1, -0.05) is 0 Å². The fourth-order valence-corrected chi connectivity index (χ4v) is 3.74. The van der Waals surface area contributed by atoms with E-state index in [1.165, 1.54) is 0 Å². The monoisotopic (exact) mass is 374 g/mol. The van der Waals surface area contributed by atoms with Crippen molar-refractivity contribution >= 4 is 33.8 Å². The number of fused-ring (bicyclic) bond motifs is 2. The molecule has 4 heterocycles. The summed E-state index contributed by atoms with van der Waals surface area (Å²) >= 11 is 0. The first kappa shape index (κ1) is 16.8. The maximum absolute atomic E-state index is 12.8. The molecule has 28 heavy (non-hydrogen) atoms. The molecule has 0 saturated carbocycles. The van der Waals surface area contributed by atoms with Crippen molar-refractivity contribution in [2.24, 2.45) is 0 Å². The van der Waals surface area contributed by atoms with Gasteiger partial charge in [0.1, 0.15) is 5.82 Å². The number of amides is 1. The minimum atomic E-state index is -0.122. The van der Waals surface area contributed by atoms with Crippen LogP contribution in [0.5, 0.6) is 0 Å². The zero-order chi connectivity index (χ0) is 19.1. The number of H-pyrrole nitrogens is 1. The average Bonchev–Trinajstić information content (AvgIpc) is 3.34. The number of nitrogens with one attached hydrogen (secondary N) is 2. The first-order valence-electron chi connectivity index (χ1n) is 9.46. The third kappa shape index (κ3) is 2.99. The van der Waals surface area contributed by atoms with Crippen LogP contribution in [0.25, 0.3) is 16.4 Å². The van der Waals surface area contributed by atoms with Gasteiger partial charge in [-0.15, -0.1) is 0 Å². The standard InChI is InChI=1S/C21H22N6O/c1-25-8-10-26(11-9-25)20-7-5-18-4-2-15(14-27(18)20)21(28)23-17-3-6-19-16(12-17)13-22-24-19/h2-7,12-14H,8-11H2,1H3,(H,22,24)(H,23,28). The highest BCUT2D eigenvalue weighted by atomic mass is 16.1. The predicted molar refractivity (Wildman–Crippen MR) is 111 cm³/mol. The maximum Gasteiger partial charge on any atom is 0.257 e. The molecular weight excluding hydrogens is 352 g/mol. The SMILES string of the molecule is CN1CCN(c2ccc3ccc(C(=O)Nc4ccc5[nH]ncc5c4)cn23)CC1. The Morgan fingerprint density at radius 1 is 1.07 bits per heavy atom. The van der Waals surface area contributed by atoms with Gasteiger partial charge in [-0.3, -0.25) is 9.89 Å². The van der Waals surface area contributed by atoms with Crippen molar-refractivity contribution in [1.29, 1.82) is 0 Å². The van der Waals surface area contributed by atoms with Gasteiger partial charge in [0.2, 0.25) is 0 Å². The van der Waals surface area contributed by atoms with E-state index in [0.29, 0.717) is 5.56 Å². The summed E-state index contributed by atoms with van der Waals surface area (Å²) in [6, 6.07) is 13.8. The lowest BCUT2D eigenvalue weighted by atomic mass is 10.2. The zero-order valence-electron chi connectivity index (χ0n) is 15.7. The van der Waals surface area contributed by atoms with Crippen LogP contribution in [0.2, 0.25) is 0 Å². The number of aromatic amines is 1. The fourth-order valence-electron chi connectivity index (χ4n) is 3.74. The summed E-state index contributed by atoms with van der Waals surface area (Å²) in [7, 11) is 2.15. The highest BCUT2D eigenvalue weighted by molar-refractivity contribution is 6.05. The second kappa shape index (κ2) is 6.69. The normalized spacial score (nSPS) is 15.4. The van der Waals surface area contributed by atoms with Gasteiger partial charge in [-0.05, 0) is 49.5 Å². The van der Waals surface area contributed by atoms with Gasteiger partial charge >= 0.3 is 0 Å². The molecule has 1 fully saturated rings. The largest absolute Gasteiger partial charge is 0.355 e. The number of likely N-dealkylation sites (N-methyl/N-ethyl adjacent to an activating group) is 1. The van der Waals surface area contributed by atoms with Crippen LogP contribution in [-0.2, 0) is 0 Å². The minimum absolute atomic E-state index is 0.122. The van der Waals surface area contributed by atoms with Crippen molar-refractivity contribution in [3.8, 4) is 0 Å². The number of benzene rings is 1. The molecule has 3 aromatic heterocycles. The molecule has 7 nitrogen and oxygen atoms in total. The Morgan fingerprint density at radius 3 is 2.75 bits per heavy atom. The molecule has 1 aliphatic heterocycles. The van der Waals surface area contributed by atoms with Gasteiger partial charge in [0, 0.05) is 49.0 Å². The number of anilines is 2. The summed E-state index contributed by atoms with van der Waals surface area (Å²) in [6.45, 7) is 4.07. The Hall–Kier alpha value is -3.32. The van der Waals surface area contributed by atoms with E-state index in [-0.39, 0.29) is 5.91 Å². The molecule has 1 aromatic carbocycles. The molecule has 0 unspecified atom stereocenters. The van der Waals surface area contributed by atoms with E-state index in [1.807, 2.05) is 36.5 Å². The van der Waals surface area contributed by atoms with Crippen LogP contribution in [0.3, 0.4) is 0 Å². The first-order chi connectivity index (χ1) is 13.7. The topological polar surface area (TPSA) is 68.7 Å². The zero-order valence-corrected chi connectivity index (χ0v) is 15.7. The molecule has 0 radical (unpaired) electrons. The number of carbonyl (C=O) groups excluding carboxylic acids is 1. The lowest BCUT2D eigenvalue weighted by molar-refractivity contribution is 0.102. The number of piperazine rings is 1. The van der Waals surface area contributed by atoms with Gasteiger partial charge in [-0.25, -0.2) is 0 Å². The van der Waals surface area contributed by atoms with Crippen molar-refractivity contribution < 1.29 is 4.79 Å². The summed E-state index contributed by atoms with van der Waals surface area (Å²) in [5.41, 5.74) is 3.42. The molecule has 142 valence electrons. The number of hydrogen-bond donors (Lipinski definition) is 2. The smallest absolute Gasteiger partial charge is 0.257 e. The average molecular weight is 374 g/mol. The Kier molecular flexibility index (Phi) is 4.02. The van der Waals surface area contributed by atoms with E-state index < -0.39 is 0 Å². The molecule has 2 N–H and O–H groups in total. The number of nitrogens with zero attached hydrogens (tertiary/aromatic N) is 4. The molecule has 0 spiro atoms. The van der Waals surface area contributed by atoms with Gasteiger partial charge in [0.05, 0.1) is 17.3 Å². The van der Waals surface area contributed by atoms with E-state index in [4.69, 9.17) is 0 Å². The van der Waals surface area contributed by atoms with Crippen LogP contribution in [0.15, 0.2) is 54.9 Å². The predicted octanol–water partition coefficient (Wildman–Crippen LogP) is 2.82. The van der Waals surface area contributed by atoms with E-state index >= 15 is 0 Å². The lowest BCUT2D eigenvalue weighted by Gasteiger charge is -2.33. The molecule has 0 bridgehead atoms. The molecule has 1 aliphatic rings. The van der Waals surface area contributed by atoms with E-state index in [1.54, 1.807) is 6.20 Å². The second-order valence-corrected chi connectivity index (χ2v) is 7.32. The molecule has 0 aliphatic carbocycles. The Morgan fingerprint density at radius 2 is 1.89 bits per heavy atom. The van der Waals surface area contributed by atoms with Gasteiger partial charge in [0.15, 0.2) is 0 Å². The van der Waals surface area contributed by atoms with Crippen LogP contribution in [-0.4, -0.2) is 58.6 Å². The van der Waals surface area contributed by atoms with Gasteiger partial charge in [-0.2, -0.15) is 5.10 Å². The fraction of sp³-hybridized carbons (Fsp3) is 0.238. The molecule has 1 amide bonds. The Labute approximate surface area is 162 Å². The first-order valence-corrected chi connectivity index (χ1v) is 9.46. The van der Waals surface area contributed by atoms with Crippen LogP contribution < -0.4 is 10.2 Å². The Bertz CT molecular complexity index is 1150. The number of hydrogen-bond acceptors (Lipinski definition) is 4. The molecule has 5 rings (SSSR count). The molecular formula is C21H22N6O. The highest BCUT2D eigenvalue weighted by Gasteiger charge is 2.17. The highest BCUT2D eigenvalue weighted by Crippen LogP contribution is 2.22. The van der Waals surface area contributed by atoms with Crippen LogP contribution >= 0.6 is 0 Å². The van der Waals surface area contributed by atoms with Crippen molar-refractivity contribution in [1.82, 2.24) is 19.5 Å². The van der Waals surface area contributed by atoms with E-state index in [9.17, 15) is 4.79 Å². The number of carbonyl (C=O) groups is 1. The summed E-state index contributed by atoms with van der Waals surface area (Å²) in [5.74, 6) is 1.01. The number of aromatic nitrogens is 3. The quantitative estimate of drug-likeness (QED) is 0.579. The van der Waals surface area contributed by atoms with Crippen molar-refractivity contribution in [2.75, 3.05) is 43.4 Å². The summed E-state index contributed by atoms with van der Waals surface area (Å²) in [4.78, 5) is 17.5. The van der Waals surface area contributed by atoms with Crippen molar-refractivity contribution in [3.63, 3.8) is 0 Å². The lowest BCUT2D eigenvalue weighted by Crippen LogP contribution is -2.44. The maximum atomic E-state index is 12.8. The minimum Gasteiger partial charge on any atom is -0.355 e. The van der Waals surface area contributed by atoms with E-state index in [0.717, 1.165) is 54.1 Å². The van der Waals surface area contributed by atoms with Crippen LogP contribution in [0.1, 0.15) is 10.4 Å². The molecule has 4 aromatic rings. The van der Waals surface area contributed by atoms with Gasteiger partial charge < -0.3 is 19.5 Å². The molecule has 1 saturated heterocycles. The van der Waals surface area contributed by atoms with E-state index in [2.05, 4.69) is 48.9 Å². The molecule has 7 heteroatoms. The van der Waals surface area contributed by atoms with Crippen LogP contribution in [0, 0.1) is 0 Å². The summed E-state index contributed by atoms with van der Waals surface area (Å²) in [6.07, 6.45) is 3.67. The van der Waals surface area contributed by atoms with Crippen molar-refractivity contribution in [2.45, 2.75) is 0 Å². The van der Waals surface area contributed by atoms with Gasteiger partial charge in [0.25, 0.3) is 5.91 Å². The summed E-state index contributed by atoms with van der Waals surface area (Å²) < 4.78 is 2.11. The second-order valence-electron chi connectivity index (χ2n) is 7.32. The van der Waals surface area contributed by atoms with Crippen molar-refractivity contribution in [3.05, 3.63) is 60.4 Å². The molecule has 0 atom stereocenters. The van der Waals surface area contributed by atoms with Crippen LogP contribution in [0.4, 0.5) is 11.5 Å².